The Kier molecular flexibility index (Phi) is 4.83. The van der Waals surface area contributed by atoms with Gasteiger partial charge < -0.3 is 10.4 Å². The Morgan fingerprint density at radius 2 is 2.06 bits per heavy atom. The lowest BCUT2D eigenvalue weighted by atomic mass is 10.1. The quantitative estimate of drug-likeness (QED) is 0.847. The molecule has 0 aliphatic rings. The SMILES string of the molecule is CC(C)CC(=O)Nc1ccc(CC(=O)O)c(F)c1. The molecule has 98 valence electrons. The fraction of sp³-hybridized carbons (Fsp3) is 0.385. The molecule has 0 spiro atoms. The highest BCUT2D eigenvalue weighted by Crippen LogP contribution is 2.16. The van der Waals surface area contributed by atoms with Crippen LogP contribution in [0.4, 0.5) is 10.1 Å². The van der Waals surface area contributed by atoms with Crippen molar-refractivity contribution in [1.82, 2.24) is 0 Å². The Balaban J connectivity index is 2.72. The number of amides is 1. The van der Waals surface area contributed by atoms with Crippen molar-refractivity contribution in [3.63, 3.8) is 0 Å². The van der Waals surface area contributed by atoms with Crippen LogP contribution in [-0.4, -0.2) is 17.0 Å². The molecule has 0 heterocycles. The van der Waals surface area contributed by atoms with Gasteiger partial charge in [-0.3, -0.25) is 9.59 Å². The summed E-state index contributed by atoms with van der Waals surface area (Å²) in [6.07, 6.45) is -0.00937. The van der Waals surface area contributed by atoms with E-state index in [-0.39, 0.29) is 23.8 Å². The highest BCUT2D eigenvalue weighted by Gasteiger charge is 2.10. The van der Waals surface area contributed by atoms with Gasteiger partial charge in [0.25, 0.3) is 0 Å². The summed E-state index contributed by atoms with van der Waals surface area (Å²) < 4.78 is 13.5. The van der Waals surface area contributed by atoms with E-state index < -0.39 is 11.8 Å². The second kappa shape index (κ2) is 6.14. The van der Waals surface area contributed by atoms with Crippen LogP contribution in [0, 0.1) is 11.7 Å². The van der Waals surface area contributed by atoms with E-state index in [2.05, 4.69) is 5.32 Å². The molecule has 1 rings (SSSR count). The second-order valence-corrected chi connectivity index (χ2v) is 4.52. The van der Waals surface area contributed by atoms with Gasteiger partial charge in [0.1, 0.15) is 5.82 Å². The first-order valence-electron chi connectivity index (χ1n) is 5.68. The Bertz CT molecular complexity index is 458. The van der Waals surface area contributed by atoms with Gasteiger partial charge in [0.15, 0.2) is 0 Å². The number of aliphatic carboxylic acids is 1. The van der Waals surface area contributed by atoms with Crippen LogP contribution in [0.15, 0.2) is 18.2 Å². The van der Waals surface area contributed by atoms with Gasteiger partial charge in [0.2, 0.25) is 5.91 Å². The molecule has 0 saturated heterocycles. The van der Waals surface area contributed by atoms with Crippen molar-refractivity contribution in [3.8, 4) is 0 Å². The van der Waals surface area contributed by atoms with Crippen LogP contribution in [-0.2, 0) is 16.0 Å². The number of benzene rings is 1. The molecule has 4 nitrogen and oxygen atoms in total. The highest BCUT2D eigenvalue weighted by atomic mass is 19.1. The minimum Gasteiger partial charge on any atom is -0.481 e. The monoisotopic (exact) mass is 253 g/mol. The maximum absolute atomic E-state index is 13.5. The van der Waals surface area contributed by atoms with Crippen molar-refractivity contribution < 1.29 is 19.1 Å². The number of halogens is 1. The van der Waals surface area contributed by atoms with Gasteiger partial charge in [-0.2, -0.15) is 0 Å². The summed E-state index contributed by atoms with van der Waals surface area (Å²) in [6, 6.07) is 4.00. The van der Waals surface area contributed by atoms with Crippen molar-refractivity contribution in [2.75, 3.05) is 5.32 Å². The van der Waals surface area contributed by atoms with Gasteiger partial charge in [0, 0.05) is 12.1 Å². The van der Waals surface area contributed by atoms with Gasteiger partial charge in [-0.05, 0) is 23.6 Å². The largest absolute Gasteiger partial charge is 0.481 e. The third-order valence-electron chi connectivity index (χ3n) is 2.27. The topological polar surface area (TPSA) is 66.4 Å². The maximum atomic E-state index is 13.5. The molecule has 0 atom stereocenters. The first-order chi connectivity index (χ1) is 8.38. The molecule has 1 aromatic carbocycles. The maximum Gasteiger partial charge on any atom is 0.307 e. The molecule has 0 aliphatic heterocycles. The molecular weight excluding hydrogens is 237 g/mol. The molecule has 0 aliphatic carbocycles. The molecule has 1 amide bonds. The van der Waals surface area contributed by atoms with Crippen molar-refractivity contribution in [2.45, 2.75) is 26.7 Å². The average molecular weight is 253 g/mol. The minimum atomic E-state index is -1.09. The number of carbonyl (C=O) groups excluding carboxylic acids is 1. The Morgan fingerprint density at radius 3 is 2.56 bits per heavy atom. The molecule has 2 N–H and O–H groups in total. The number of carboxylic acid groups (broad SMARTS) is 1. The van der Waals surface area contributed by atoms with Gasteiger partial charge in [-0.25, -0.2) is 4.39 Å². The number of rotatable bonds is 5. The third kappa shape index (κ3) is 4.53. The van der Waals surface area contributed by atoms with E-state index >= 15 is 0 Å². The zero-order chi connectivity index (χ0) is 13.7. The lowest BCUT2D eigenvalue weighted by Crippen LogP contribution is -2.14. The van der Waals surface area contributed by atoms with Crippen molar-refractivity contribution in [3.05, 3.63) is 29.6 Å². The van der Waals surface area contributed by atoms with Gasteiger partial charge in [-0.15, -0.1) is 0 Å². The van der Waals surface area contributed by atoms with Crippen molar-refractivity contribution in [1.29, 1.82) is 0 Å². The molecular formula is C13H16FNO3. The molecule has 18 heavy (non-hydrogen) atoms. The molecule has 0 unspecified atom stereocenters. The van der Waals surface area contributed by atoms with Gasteiger partial charge in [0.05, 0.1) is 6.42 Å². The molecule has 0 radical (unpaired) electrons. The molecule has 0 saturated carbocycles. The molecule has 0 fully saturated rings. The summed E-state index contributed by atoms with van der Waals surface area (Å²) in [5.74, 6) is -1.68. The van der Waals surface area contributed by atoms with Crippen molar-refractivity contribution in [2.24, 2.45) is 5.92 Å². The first kappa shape index (κ1) is 14.2. The Labute approximate surface area is 105 Å². The number of hydrogen-bond donors (Lipinski definition) is 2. The van der Waals surface area contributed by atoms with E-state index in [1.807, 2.05) is 13.8 Å². The summed E-state index contributed by atoms with van der Waals surface area (Å²) in [6.45, 7) is 3.83. The van der Waals surface area contributed by atoms with Crippen LogP contribution in [0.25, 0.3) is 0 Å². The van der Waals surface area contributed by atoms with Gasteiger partial charge in [-0.1, -0.05) is 19.9 Å². The number of anilines is 1. The van der Waals surface area contributed by atoms with Crippen LogP contribution in [0.2, 0.25) is 0 Å². The van der Waals surface area contributed by atoms with Gasteiger partial charge >= 0.3 is 5.97 Å². The Hall–Kier alpha value is -1.91. The molecule has 5 heteroatoms. The number of nitrogens with one attached hydrogen (secondary N) is 1. The Morgan fingerprint density at radius 1 is 1.39 bits per heavy atom. The van der Waals surface area contributed by atoms with E-state index in [9.17, 15) is 14.0 Å². The van der Waals surface area contributed by atoms with E-state index in [0.717, 1.165) is 6.07 Å². The summed E-state index contributed by atoms with van der Waals surface area (Å²) in [5, 5.41) is 11.1. The predicted molar refractivity (Wildman–Crippen MR) is 65.8 cm³/mol. The van der Waals surface area contributed by atoms with E-state index in [1.54, 1.807) is 0 Å². The number of hydrogen-bond acceptors (Lipinski definition) is 2. The first-order valence-corrected chi connectivity index (χ1v) is 5.68. The van der Waals surface area contributed by atoms with Crippen LogP contribution in [0.3, 0.4) is 0 Å². The fourth-order valence-electron chi connectivity index (χ4n) is 1.51. The average Bonchev–Trinajstić information content (AvgIpc) is 2.20. The molecule has 0 bridgehead atoms. The van der Waals surface area contributed by atoms with Crippen LogP contribution >= 0.6 is 0 Å². The standard InChI is InChI=1S/C13H16FNO3/c1-8(2)5-12(16)15-10-4-3-9(6-13(17)18)11(14)7-10/h3-4,7-8H,5-6H2,1-2H3,(H,15,16)(H,17,18). The van der Waals surface area contributed by atoms with E-state index in [1.165, 1.54) is 12.1 Å². The lowest BCUT2D eigenvalue weighted by molar-refractivity contribution is -0.136. The highest BCUT2D eigenvalue weighted by molar-refractivity contribution is 5.90. The van der Waals surface area contributed by atoms with E-state index in [4.69, 9.17) is 5.11 Å². The molecule has 1 aromatic rings. The lowest BCUT2D eigenvalue weighted by Gasteiger charge is -2.08. The predicted octanol–water partition coefficient (Wildman–Crippen LogP) is 2.44. The van der Waals surface area contributed by atoms with Crippen molar-refractivity contribution >= 4 is 17.6 Å². The summed E-state index contributed by atoms with van der Waals surface area (Å²) in [5.41, 5.74) is 0.441. The zero-order valence-electron chi connectivity index (χ0n) is 10.4. The second-order valence-electron chi connectivity index (χ2n) is 4.52. The molecule has 0 aromatic heterocycles. The number of carbonyl (C=O) groups is 2. The number of carboxylic acids is 1. The third-order valence-corrected chi connectivity index (χ3v) is 2.27. The smallest absolute Gasteiger partial charge is 0.307 e. The van der Waals surface area contributed by atoms with Crippen LogP contribution in [0.5, 0.6) is 0 Å². The van der Waals surface area contributed by atoms with Crippen LogP contribution < -0.4 is 5.32 Å². The van der Waals surface area contributed by atoms with E-state index in [0.29, 0.717) is 12.1 Å². The minimum absolute atomic E-state index is 0.101. The summed E-state index contributed by atoms with van der Waals surface area (Å²) >= 11 is 0. The summed E-state index contributed by atoms with van der Waals surface area (Å²) in [7, 11) is 0. The summed E-state index contributed by atoms with van der Waals surface area (Å²) in [4.78, 5) is 21.9. The van der Waals surface area contributed by atoms with Crippen LogP contribution in [0.1, 0.15) is 25.8 Å². The normalized spacial score (nSPS) is 10.4. The zero-order valence-corrected chi connectivity index (χ0v) is 10.4. The fourth-order valence-corrected chi connectivity index (χ4v) is 1.51.